The van der Waals surface area contributed by atoms with Gasteiger partial charge in [-0.05, 0) is 18.6 Å². The zero-order valence-electron chi connectivity index (χ0n) is 16.0. The second-order valence-electron chi connectivity index (χ2n) is 6.97. The molecule has 0 unspecified atom stereocenters. The molecule has 1 aromatic heterocycles. The standard InChI is InChI=1S/C19H26N6O2/c1-14-4-6-15(7-5-14)11-20-18(26)21-12-16-10-17-13-24(19(27)23(2)3)8-9-25(17)22-16/h4-7,10H,8-9,11-13H2,1-3H3,(H2,20,21,26). The zero-order valence-corrected chi connectivity index (χ0v) is 16.0. The molecular weight excluding hydrogens is 344 g/mol. The number of hydrogen-bond donors (Lipinski definition) is 2. The first-order valence-electron chi connectivity index (χ1n) is 9.01. The van der Waals surface area contributed by atoms with Crippen LogP contribution in [0.3, 0.4) is 0 Å². The maximum absolute atomic E-state index is 12.1. The molecule has 27 heavy (non-hydrogen) atoms. The predicted molar refractivity (Wildman–Crippen MR) is 102 cm³/mol. The van der Waals surface area contributed by atoms with Crippen molar-refractivity contribution in [1.29, 1.82) is 0 Å². The summed E-state index contributed by atoms with van der Waals surface area (Å²) in [6.45, 7) is 4.69. The lowest BCUT2D eigenvalue weighted by Gasteiger charge is -2.29. The Hall–Kier alpha value is -3.03. The third-order valence-electron chi connectivity index (χ3n) is 4.51. The van der Waals surface area contributed by atoms with Crippen LogP contribution in [0.5, 0.6) is 0 Å². The molecule has 4 amide bonds. The van der Waals surface area contributed by atoms with Crippen LogP contribution < -0.4 is 10.6 Å². The molecule has 1 aliphatic heterocycles. The van der Waals surface area contributed by atoms with Gasteiger partial charge >= 0.3 is 12.1 Å². The Bertz CT molecular complexity index is 812. The van der Waals surface area contributed by atoms with Crippen LogP contribution in [0, 0.1) is 6.92 Å². The third kappa shape index (κ3) is 4.78. The number of aryl methyl sites for hydroxylation is 1. The normalized spacial score (nSPS) is 13.1. The van der Waals surface area contributed by atoms with Gasteiger partial charge in [-0.25, -0.2) is 9.59 Å². The first kappa shape index (κ1) is 18.8. The van der Waals surface area contributed by atoms with Crippen molar-refractivity contribution in [3.63, 3.8) is 0 Å². The summed E-state index contributed by atoms with van der Waals surface area (Å²) in [5.74, 6) is 0. The Morgan fingerprint density at radius 1 is 1.11 bits per heavy atom. The summed E-state index contributed by atoms with van der Waals surface area (Å²) in [5.41, 5.74) is 4.01. The summed E-state index contributed by atoms with van der Waals surface area (Å²) in [7, 11) is 3.50. The number of aromatic nitrogens is 2. The number of benzene rings is 1. The smallest absolute Gasteiger partial charge is 0.319 e. The van der Waals surface area contributed by atoms with Crippen molar-refractivity contribution in [2.45, 2.75) is 33.1 Å². The van der Waals surface area contributed by atoms with Crippen LogP contribution in [0.2, 0.25) is 0 Å². The van der Waals surface area contributed by atoms with Crippen molar-refractivity contribution in [1.82, 2.24) is 30.2 Å². The summed E-state index contributed by atoms with van der Waals surface area (Å²) >= 11 is 0. The zero-order chi connectivity index (χ0) is 19.4. The minimum atomic E-state index is -0.231. The molecule has 0 fully saturated rings. The van der Waals surface area contributed by atoms with Gasteiger partial charge in [0.25, 0.3) is 0 Å². The van der Waals surface area contributed by atoms with Crippen molar-refractivity contribution in [3.05, 3.63) is 52.8 Å². The predicted octanol–water partition coefficient (Wildman–Crippen LogP) is 1.69. The molecule has 0 saturated heterocycles. The molecule has 8 nitrogen and oxygen atoms in total. The Labute approximate surface area is 159 Å². The van der Waals surface area contributed by atoms with Gasteiger partial charge in [0.05, 0.1) is 31.0 Å². The molecule has 0 aliphatic carbocycles. The number of carbonyl (C=O) groups excluding carboxylic acids is 2. The molecule has 2 aromatic rings. The topological polar surface area (TPSA) is 82.5 Å². The van der Waals surface area contributed by atoms with Gasteiger partial charge in [-0.2, -0.15) is 5.10 Å². The van der Waals surface area contributed by atoms with Gasteiger partial charge in [0, 0.05) is 27.2 Å². The van der Waals surface area contributed by atoms with Gasteiger partial charge < -0.3 is 20.4 Å². The highest BCUT2D eigenvalue weighted by Crippen LogP contribution is 2.14. The van der Waals surface area contributed by atoms with E-state index in [9.17, 15) is 9.59 Å². The minimum Gasteiger partial charge on any atom is -0.334 e. The highest BCUT2D eigenvalue weighted by atomic mass is 16.2. The van der Waals surface area contributed by atoms with Crippen LogP contribution in [0.15, 0.2) is 30.3 Å². The number of fused-ring (bicyclic) bond motifs is 1. The average Bonchev–Trinajstić information content (AvgIpc) is 3.07. The van der Waals surface area contributed by atoms with E-state index in [2.05, 4.69) is 15.7 Å². The first-order valence-corrected chi connectivity index (χ1v) is 9.01. The summed E-state index contributed by atoms with van der Waals surface area (Å²) in [6.07, 6.45) is 0. The molecule has 1 aliphatic rings. The maximum Gasteiger partial charge on any atom is 0.319 e. The molecule has 1 aromatic carbocycles. The van der Waals surface area contributed by atoms with Gasteiger partial charge in [0.15, 0.2) is 0 Å². The fourth-order valence-electron chi connectivity index (χ4n) is 2.98. The fraction of sp³-hybridized carbons (Fsp3) is 0.421. The van der Waals surface area contributed by atoms with E-state index in [0.29, 0.717) is 32.7 Å². The lowest BCUT2D eigenvalue weighted by atomic mass is 10.1. The van der Waals surface area contributed by atoms with Crippen molar-refractivity contribution in [2.75, 3.05) is 20.6 Å². The van der Waals surface area contributed by atoms with Crippen LogP contribution in [0.1, 0.15) is 22.5 Å². The number of nitrogens with zero attached hydrogens (tertiary/aromatic N) is 4. The van der Waals surface area contributed by atoms with Crippen molar-refractivity contribution < 1.29 is 9.59 Å². The van der Waals surface area contributed by atoms with E-state index in [1.165, 1.54) is 5.56 Å². The molecule has 0 saturated carbocycles. The summed E-state index contributed by atoms with van der Waals surface area (Å²) in [6, 6.07) is 9.75. The van der Waals surface area contributed by atoms with Gasteiger partial charge in [-0.3, -0.25) is 4.68 Å². The molecule has 3 rings (SSSR count). The van der Waals surface area contributed by atoms with E-state index >= 15 is 0 Å². The molecular formula is C19H26N6O2. The number of carbonyl (C=O) groups is 2. The first-order chi connectivity index (χ1) is 12.9. The van der Waals surface area contributed by atoms with E-state index < -0.39 is 0 Å². The largest absolute Gasteiger partial charge is 0.334 e. The monoisotopic (exact) mass is 370 g/mol. The minimum absolute atomic E-state index is 0.00221. The number of amides is 4. The number of nitrogens with one attached hydrogen (secondary N) is 2. The molecule has 0 spiro atoms. The van der Waals surface area contributed by atoms with Gasteiger partial charge in [-0.15, -0.1) is 0 Å². The van der Waals surface area contributed by atoms with E-state index in [4.69, 9.17) is 0 Å². The van der Waals surface area contributed by atoms with Crippen LogP contribution in [-0.2, 0) is 26.2 Å². The van der Waals surface area contributed by atoms with Gasteiger partial charge in [-0.1, -0.05) is 29.8 Å². The molecule has 0 bridgehead atoms. The number of rotatable bonds is 4. The lowest BCUT2D eigenvalue weighted by molar-refractivity contribution is 0.155. The summed E-state index contributed by atoms with van der Waals surface area (Å²) < 4.78 is 1.90. The molecule has 144 valence electrons. The molecule has 8 heteroatoms. The number of urea groups is 2. The maximum atomic E-state index is 12.1. The van der Waals surface area contributed by atoms with Gasteiger partial charge in [0.1, 0.15) is 0 Å². The average molecular weight is 370 g/mol. The molecule has 2 N–H and O–H groups in total. The van der Waals surface area contributed by atoms with E-state index in [1.54, 1.807) is 23.9 Å². The van der Waals surface area contributed by atoms with Crippen LogP contribution in [0.4, 0.5) is 9.59 Å². The number of hydrogen-bond acceptors (Lipinski definition) is 3. The Morgan fingerprint density at radius 3 is 2.52 bits per heavy atom. The lowest BCUT2D eigenvalue weighted by Crippen LogP contribution is -2.43. The van der Waals surface area contributed by atoms with Crippen molar-refractivity contribution in [2.24, 2.45) is 0 Å². The fourth-order valence-corrected chi connectivity index (χ4v) is 2.98. The van der Waals surface area contributed by atoms with E-state index in [-0.39, 0.29) is 12.1 Å². The molecule has 2 heterocycles. The second kappa shape index (κ2) is 8.11. The van der Waals surface area contributed by atoms with E-state index in [1.807, 2.05) is 41.9 Å². The highest BCUT2D eigenvalue weighted by molar-refractivity contribution is 5.74. The molecule has 0 radical (unpaired) electrons. The second-order valence-corrected chi connectivity index (χ2v) is 6.97. The molecule has 0 atom stereocenters. The van der Waals surface area contributed by atoms with Crippen molar-refractivity contribution >= 4 is 12.1 Å². The van der Waals surface area contributed by atoms with Gasteiger partial charge in [0.2, 0.25) is 0 Å². The highest BCUT2D eigenvalue weighted by Gasteiger charge is 2.23. The van der Waals surface area contributed by atoms with Crippen LogP contribution in [-0.4, -0.2) is 52.3 Å². The Balaban J connectivity index is 1.48. The van der Waals surface area contributed by atoms with Crippen molar-refractivity contribution in [3.8, 4) is 0 Å². The van der Waals surface area contributed by atoms with E-state index in [0.717, 1.165) is 17.0 Å². The third-order valence-corrected chi connectivity index (χ3v) is 4.51. The summed E-state index contributed by atoms with van der Waals surface area (Å²) in [4.78, 5) is 27.5. The van der Waals surface area contributed by atoms with Crippen LogP contribution in [0.25, 0.3) is 0 Å². The van der Waals surface area contributed by atoms with Crippen LogP contribution >= 0.6 is 0 Å². The Kier molecular flexibility index (Phi) is 5.63. The Morgan fingerprint density at radius 2 is 1.81 bits per heavy atom. The summed E-state index contributed by atoms with van der Waals surface area (Å²) in [5, 5.41) is 10.2. The quantitative estimate of drug-likeness (QED) is 0.859. The SMILES string of the molecule is Cc1ccc(CNC(=O)NCc2cc3n(n2)CCN(C(=O)N(C)C)C3)cc1.